The molecule has 1 heterocycles. The van der Waals surface area contributed by atoms with Gasteiger partial charge >= 0.3 is 0 Å². The maximum atomic E-state index is 9.00. The highest BCUT2D eigenvalue weighted by Crippen LogP contribution is 2.21. The van der Waals surface area contributed by atoms with Gasteiger partial charge in [0.1, 0.15) is 0 Å². The monoisotopic (exact) mass is 280 g/mol. The zero-order chi connectivity index (χ0) is 15.2. The fourth-order valence-electron chi connectivity index (χ4n) is 2.12. The van der Waals surface area contributed by atoms with Gasteiger partial charge in [0.15, 0.2) is 0 Å². The lowest BCUT2D eigenvalue weighted by Crippen LogP contribution is -1.82. The average molecular weight is 280 g/mol. The summed E-state index contributed by atoms with van der Waals surface area (Å²) in [6.45, 7) is 0. The molecule has 0 saturated carbocycles. The molecular formula is C20H12N2. The summed E-state index contributed by atoms with van der Waals surface area (Å²) in [7, 11) is 0. The quantitative estimate of drug-likeness (QED) is 0.631. The van der Waals surface area contributed by atoms with Crippen LogP contribution >= 0.6 is 0 Å². The van der Waals surface area contributed by atoms with Crippen molar-refractivity contribution in [1.82, 2.24) is 4.98 Å². The lowest BCUT2D eigenvalue weighted by molar-refractivity contribution is 1.32. The van der Waals surface area contributed by atoms with Crippen molar-refractivity contribution in [3.63, 3.8) is 0 Å². The van der Waals surface area contributed by atoms with E-state index in [1.807, 2.05) is 54.6 Å². The van der Waals surface area contributed by atoms with Gasteiger partial charge in [0.25, 0.3) is 0 Å². The van der Waals surface area contributed by atoms with Gasteiger partial charge in [0.05, 0.1) is 11.6 Å². The van der Waals surface area contributed by atoms with E-state index in [1.165, 1.54) is 0 Å². The molecule has 102 valence electrons. The number of hydrogen-bond acceptors (Lipinski definition) is 2. The number of aromatic nitrogens is 1. The molecule has 0 unspecified atom stereocenters. The summed E-state index contributed by atoms with van der Waals surface area (Å²) in [4.78, 5) is 3.98. The maximum absolute atomic E-state index is 9.00. The predicted molar refractivity (Wildman–Crippen MR) is 86.8 cm³/mol. The van der Waals surface area contributed by atoms with Crippen LogP contribution in [0, 0.1) is 23.2 Å². The minimum atomic E-state index is 0.658. The Hall–Kier alpha value is -3.36. The van der Waals surface area contributed by atoms with E-state index in [4.69, 9.17) is 5.26 Å². The molecule has 2 nitrogen and oxygen atoms in total. The standard InChI is InChI=1S/C20H12N2/c21-15-18-4-2-6-20(14-18)19-5-1-3-17(13-19)8-7-16-9-11-22-12-10-16/h1-6,9-14H. The van der Waals surface area contributed by atoms with Gasteiger partial charge in [0, 0.05) is 23.5 Å². The molecule has 2 heteroatoms. The Labute approximate surface area is 129 Å². The largest absolute Gasteiger partial charge is 0.265 e. The molecule has 0 aliphatic rings. The minimum absolute atomic E-state index is 0.658. The van der Waals surface area contributed by atoms with Crippen LogP contribution in [0.4, 0.5) is 0 Å². The van der Waals surface area contributed by atoms with Crippen molar-refractivity contribution in [2.75, 3.05) is 0 Å². The molecule has 22 heavy (non-hydrogen) atoms. The molecule has 3 rings (SSSR count). The second kappa shape index (κ2) is 6.39. The second-order valence-electron chi connectivity index (χ2n) is 4.76. The maximum Gasteiger partial charge on any atom is 0.0991 e. The summed E-state index contributed by atoms with van der Waals surface area (Å²) < 4.78 is 0. The number of pyridine rings is 1. The van der Waals surface area contributed by atoms with Gasteiger partial charge in [-0.05, 0) is 47.5 Å². The number of rotatable bonds is 1. The first kappa shape index (κ1) is 13.6. The average Bonchev–Trinajstić information content (AvgIpc) is 2.61. The second-order valence-corrected chi connectivity index (χ2v) is 4.76. The number of nitriles is 1. The molecule has 0 bridgehead atoms. The Bertz CT molecular complexity index is 894. The summed E-state index contributed by atoms with van der Waals surface area (Å²) in [5.41, 5.74) is 4.61. The Morgan fingerprint density at radius 3 is 1.95 bits per heavy atom. The first-order chi connectivity index (χ1) is 10.8. The Morgan fingerprint density at radius 1 is 0.682 bits per heavy atom. The summed E-state index contributed by atoms with van der Waals surface area (Å²) in [6.07, 6.45) is 3.46. The highest BCUT2D eigenvalue weighted by Gasteiger charge is 1.99. The third-order valence-corrected chi connectivity index (χ3v) is 3.22. The van der Waals surface area contributed by atoms with Crippen LogP contribution in [0.1, 0.15) is 16.7 Å². The number of nitrogens with zero attached hydrogens (tertiary/aromatic N) is 2. The third-order valence-electron chi connectivity index (χ3n) is 3.22. The van der Waals surface area contributed by atoms with E-state index >= 15 is 0 Å². The van der Waals surface area contributed by atoms with Gasteiger partial charge < -0.3 is 0 Å². The van der Waals surface area contributed by atoms with E-state index in [0.29, 0.717) is 5.56 Å². The van der Waals surface area contributed by atoms with Crippen molar-refractivity contribution in [3.8, 4) is 29.0 Å². The molecule has 2 aromatic carbocycles. The van der Waals surface area contributed by atoms with Gasteiger partial charge in [-0.3, -0.25) is 4.98 Å². The van der Waals surface area contributed by atoms with Crippen molar-refractivity contribution in [2.24, 2.45) is 0 Å². The van der Waals surface area contributed by atoms with Crippen molar-refractivity contribution < 1.29 is 0 Å². The smallest absolute Gasteiger partial charge is 0.0991 e. The third kappa shape index (κ3) is 3.20. The molecular weight excluding hydrogens is 268 g/mol. The van der Waals surface area contributed by atoms with E-state index in [0.717, 1.165) is 22.3 Å². The molecule has 0 spiro atoms. The summed E-state index contributed by atoms with van der Waals surface area (Å²) in [5, 5.41) is 9.00. The lowest BCUT2D eigenvalue weighted by atomic mass is 10.0. The summed E-state index contributed by atoms with van der Waals surface area (Å²) in [6, 6.07) is 21.5. The fraction of sp³-hybridized carbons (Fsp3) is 0. The van der Waals surface area contributed by atoms with Crippen molar-refractivity contribution in [2.45, 2.75) is 0 Å². The van der Waals surface area contributed by atoms with E-state index in [2.05, 4.69) is 22.9 Å². The van der Waals surface area contributed by atoms with Crippen LogP contribution < -0.4 is 0 Å². The van der Waals surface area contributed by atoms with Crippen LogP contribution in [0.2, 0.25) is 0 Å². The SMILES string of the molecule is N#Cc1cccc(-c2cccc(C#Cc3ccncc3)c2)c1. The van der Waals surface area contributed by atoms with Gasteiger partial charge in [0.2, 0.25) is 0 Å². The first-order valence-electron chi connectivity index (χ1n) is 6.88. The van der Waals surface area contributed by atoms with Crippen LogP contribution in [0.3, 0.4) is 0 Å². The van der Waals surface area contributed by atoms with Gasteiger partial charge in [-0.15, -0.1) is 0 Å². The lowest BCUT2D eigenvalue weighted by Gasteiger charge is -2.02. The molecule has 0 atom stereocenters. The molecule has 0 saturated heterocycles. The normalized spacial score (nSPS) is 9.41. The van der Waals surface area contributed by atoms with Crippen molar-refractivity contribution in [1.29, 1.82) is 5.26 Å². The Kier molecular flexibility index (Phi) is 3.96. The summed E-state index contributed by atoms with van der Waals surface area (Å²) >= 11 is 0. The molecule has 0 radical (unpaired) electrons. The van der Waals surface area contributed by atoms with Gasteiger partial charge in [-0.2, -0.15) is 5.26 Å². The highest BCUT2D eigenvalue weighted by molar-refractivity contribution is 5.67. The topological polar surface area (TPSA) is 36.7 Å². The van der Waals surface area contributed by atoms with E-state index in [9.17, 15) is 0 Å². The van der Waals surface area contributed by atoms with Gasteiger partial charge in [-0.1, -0.05) is 36.1 Å². The molecule has 0 amide bonds. The molecule has 0 fully saturated rings. The van der Waals surface area contributed by atoms with Crippen LogP contribution in [0.5, 0.6) is 0 Å². The fourth-order valence-corrected chi connectivity index (χ4v) is 2.12. The van der Waals surface area contributed by atoms with Crippen LogP contribution in [0.15, 0.2) is 73.1 Å². The van der Waals surface area contributed by atoms with Crippen molar-refractivity contribution in [3.05, 3.63) is 89.7 Å². The minimum Gasteiger partial charge on any atom is -0.265 e. The zero-order valence-electron chi connectivity index (χ0n) is 11.8. The molecule has 1 aromatic heterocycles. The van der Waals surface area contributed by atoms with Crippen LogP contribution in [-0.2, 0) is 0 Å². The zero-order valence-corrected chi connectivity index (χ0v) is 11.8. The first-order valence-corrected chi connectivity index (χ1v) is 6.88. The molecule has 0 N–H and O–H groups in total. The van der Waals surface area contributed by atoms with E-state index in [-0.39, 0.29) is 0 Å². The van der Waals surface area contributed by atoms with Crippen LogP contribution in [-0.4, -0.2) is 4.98 Å². The molecule has 0 aliphatic carbocycles. The van der Waals surface area contributed by atoms with E-state index < -0.39 is 0 Å². The Balaban J connectivity index is 1.93. The van der Waals surface area contributed by atoms with E-state index in [1.54, 1.807) is 18.5 Å². The number of benzene rings is 2. The molecule has 0 aliphatic heterocycles. The van der Waals surface area contributed by atoms with Gasteiger partial charge in [-0.25, -0.2) is 0 Å². The summed E-state index contributed by atoms with van der Waals surface area (Å²) in [5.74, 6) is 6.28. The van der Waals surface area contributed by atoms with Crippen molar-refractivity contribution >= 4 is 0 Å². The molecule has 3 aromatic rings. The highest BCUT2D eigenvalue weighted by atomic mass is 14.6. The number of hydrogen-bond donors (Lipinski definition) is 0. The van der Waals surface area contributed by atoms with Crippen LogP contribution in [0.25, 0.3) is 11.1 Å². The Morgan fingerprint density at radius 2 is 1.27 bits per heavy atom. The predicted octanol–water partition coefficient (Wildman–Crippen LogP) is 4.02.